The van der Waals surface area contributed by atoms with E-state index in [1.807, 2.05) is 0 Å². The van der Waals surface area contributed by atoms with Crippen LogP contribution in [0.5, 0.6) is 10.8 Å². The van der Waals surface area contributed by atoms with Crippen LogP contribution in [0.3, 0.4) is 0 Å². The number of rotatable bonds is 4. The Balaban J connectivity index is 2.26. The minimum Gasteiger partial charge on any atom is -0.487 e. The third-order valence-corrected chi connectivity index (χ3v) is 4.08. The van der Waals surface area contributed by atoms with Gasteiger partial charge in [0.05, 0.1) is 14.2 Å². The van der Waals surface area contributed by atoms with Gasteiger partial charge in [-0.15, -0.1) is 11.3 Å². The Hall–Kier alpha value is -1.86. The molecule has 2 rings (SSSR count). The van der Waals surface area contributed by atoms with Crippen LogP contribution in [-0.4, -0.2) is 26.2 Å². The maximum atomic E-state index is 11.8. The van der Waals surface area contributed by atoms with Gasteiger partial charge in [-0.1, -0.05) is 17.4 Å². The number of thiophene rings is 2. The Kier molecular flexibility index (Phi) is 4.18. The second kappa shape index (κ2) is 5.85. The van der Waals surface area contributed by atoms with Crippen LogP contribution < -0.4 is 9.47 Å². The summed E-state index contributed by atoms with van der Waals surface area (Å²) >= 11 is 2.33. The summed E-state index contributed by atoms with van der Waals surface area (Å²) in [6.45, 7) is 0. The predicted molar refractivity (Wildman–Crippen MR) is 71.5 cm³/mol. The van der Waals surface area contributed by atoms with Crippen molar-refractivity contribution in [2.75, 3.05) is 14.2 Å². The summed E-state index contributed by atoms with van der Waals surface area (Å²) in [5.41, 5.74) is 0. The molecule has 7 heteroatoms. The zero-order chi connectivity index (χ0) is 13.8. The van der Waals surface area contributed by atoms with Crippen LogP contribution in [-0.2, 0) is 4.74 Å². The van der Waals surface area contributed by atoms with Crippen molar-refractivity contribution in [1.82, 2.24) is 0 Å². The Bertz CT molecular complexity index is 585. The Morgan fingerprint density at radius 1 is 1.21 bits per heavy atom. The average molecular weight is 298 g/mol. The fourth-order valence-corrected chi connectivity index (χ4v) is 2.73. The highest BCUT2D eigenvalue weighted by Crippen LogP contribution is 2.36. The minimum atomic E-state index is -0.567. The van der Waals surface area contributed by atoms with Gasteiger partial charge in [0.15, 0.2) is 15.7 Å². The summed E-state index contributed by atoms with van der Waals surface area (Å²) in [4.78, 5) is 24.1. The zero-order valence-corrected chi connectivity index (χ0v) is 11.8. The van der Waals surface area contributed by atoms with E-state index in [2.05, 4.69) is 4.74 Å². The summed E-state index contributed by atoms with van der Waals surface area (Å²) < 4.78 is 14.9. The van der Waals surface area contributed by atoms with Gasteiger partial charge in [-0.25, -0.2) is 9.59 Å². The third kappa shape index (κ3) is 2.94. The van der Waals surface area contributed by atoms with Crippen molar-refractivity contribution >= 4 is 34.6 Å². The van der Waals surface area contributed by atoms with Gasteiger partial charge in [-0.05, 0) is 11.4 Å². The highest BCUT2D eigenvalue weighted by Gasteiger charge is 2.22. The first-order chi connectivity index (χ1) is 9.15. The van der Waals surface area contributed by atoms with Gasteiger partial charge in [0.1, 0.15) is 4.88 Å². The fourth-order valence-electron chi connectivity index (χ4n) is 1.31. The molecule has 0 saturated heterocycles. The topological polar surface area (TPSA) is 61.8 Å². The van der Waals surface area contributed by atoms with E-state index in [1.165, 1.54) is 31.6 Å². The van der Waals surface area contributed by atoms with Crippen LogP contribution in [0.1, 0.15) is 19.3 Å². The first-order valence-corrected chi connectivity index (χ1v) is 6.87. The van der Waals surface area contributed by atoms with Gasteiger partial charge in [-0.2, -0.15) is 0 Å². The second-order valence-corrected chi connectivity index (χ2v) is 5.28. The maximum absolute atomic E-state index is 11.8. The molecular formula is C12H10O5S2. The van der Waals surface area contributed by atoms with Crippen LogP contribution in [0.25, 0.3) is 0 Å². The lowest BCUT2D eigenvalue weighted by molar-refractivity contribution is 0.0599. The summed E-state index contributed by atoms with van der Waals surface area (Å²) in [5.74, 6) is -0.935. The molecule has 0 N–H and O–H groups in total. The maximum Gasteiger partial charge on any atom is 0.353 e. The van der Waals surface area contributed by atoms with Gasteiger partial charge in [0.2, 0.25) is 0 Å². The monoisotopic (exact) mass is 298 g/mol. The van der Waals surface area contributed by atoms with Crippen LogP contribution in [0, 0.1) is 0 Å². The first-order valence-electron chi connectivity index (χ1n) is 5.17. The predicted octanol–water partition coefficient (Wildman–Crippen LogP) is 2.82. The lowest BCUT2D eigenvalue weighted by Crippen LogP contribution is -2.09. The quantitative estimate of drug-likeness (QED) is 0.812. The minimum absolute atomic E-state index is 0.145. The number of ether oxygens (including phenoxy) is 3. The summed E-state index contributed by atoms with van der Waals surface area (Å²) in [5, 5.41) is 2.24. The molecule has 0 aliphatic rings. The van der Waals surface area contributed by atoms with Crippen molar-refractivity contribution < 1.29 is 23.8 Å². The van der Waals surface area contributed by atoms with Crippen molar-refractivity contribution in [2.45, 2.75) is 0 Å². The Morgan fingerprint density at radius 2 is 2.00 bits per heavy atom. The standard InChI is InChI=1S/C12H10O5S2/c1-15-9-6-7(10(19-9)12(14)16-2)17-11(13)8-4-3-5-18-8/h3-6H,1-2H3. The van der Waals surface area contributed by atoms with Crippen molar-refractivity contribution in [1.29, 1.82) is 0 Å². The molecule has 0 spiro atoms. The third-order valence-electron chi connectivity index (χ3n) is 2.17. The van der Waals surface area contributed by atoms with E-state index in [0.29, 0.717) is 9.94 Å². The smallest absolute Gasteiger partial charge is 0.353 e. The molecule has 0 saturated carbocycles. The van der Waals surface area contributed by atoms with E-state index < -0.39 is 11.9 Å². The van der Waals surface area contributed by atoms with Gasteiger partial charge < -0.3 is 14.2 Å². The molecule has 2 aromatic heterocycles. The largest absolute Gasteiger partial charge is 0.487 e. The lowest BCUT2D eigenvalue weighted by atomic mass is 10.4. The van der Waals surface area contributed by atoms with Crippen molar-refractivity contribution in [3.05, 3.63) is 33.3 Å². The molecule has 0 radical (unpaired) electrons. The fraction of sp³-hybridized carbons (Fsp3) is 0.167. The van der Waals surface area contributed by atoms with E-state index in [4.69, 9.17) is 9.47 Å². The van der Waals surface area contributed by atoms with Crippen LogP contribution >= 0.6 is 22.7 Å². The van der Waals surface area contributed by atoms with Crippen LogP contribution in [0.2, 0.25) is 0 Å². The molecule has 0 aliphatic carbocycles. The van der Waals surface area contributed by atoms with Crippen LogP contribution in [0.4, 0.5) is 0 Å². The van der Waals surface area contributed by atoms with Gasteiger partial charge in [0, 0.05) is 6.07 Å². The van der Waals surface area contributed by atoms with Gasteiger partial charge in [0.25, 0.3) is 0 Å². The van der Waals surface area contributed by atoms with Crippen molar-refractivity contribution in [2.24, 2.45) is 0 Å². The number of hydrogen-bond donors (Lipinski definition) is 0. The molecule has 0 amide bonds. The molecule has 2 aromatic rings. The van der Waals surface area contributed by atoms with E-state index in [-0.39, 0.29) is 10.6 Å². The van der Waals surface area contributed by atoms with E-state index in [0.717, 1.165) is 11.3 Å². The number of carbonyl (C=O) groups is 2. The molecule has 19 heavy (non-hydrogen) atoms. The van der Waals surface area contributed by atoms with Crippen molar-refractivity contribution in [3.8, 4) is 10.8 Å². The van der Waals surface area contributed by atoms with E-state index in [9.17, 15) is 9.59 Å². The Morgan fingerprint density at radius 3 is 2.58 bits per heavy atom. The normalized spacial score (nSPS) is 10.0. The summed E-state index contributed by atoms with van der Waals surface area (Å²) in [6.07, 6.45) is 0. The molecule has 0 unspecified atom stereocenters. The number of esters is 2. The molecule has 5 nitrogen and oxygen atoms in total. The van der Waals surface area contributed by atoms with Crippen molar-refractivity contribution in [3.63, 3.8) is 0 Å². The van der Waals surface area contributed by atoms with Gasteiger partial charge in [-0.3, -0.25) is 0 Å². The summed E-state index contributed by atoms with van der Waals surface area (Å²) in [7, 11) is 2.73. The number of methoxy groups -OCH3 is 2. The van der Waals surface area contributed by atoms with E-state index in [1.54, 1.807) is 17.5 Å². The highest BCUT2D eigenvalue weighted by molar-refractivity contribution is 7.16. The molecule has 0 fully saturated rings. The molecule has 0 aliphatic heterocycles. The highest BCUT2D eigenvalue weighted by atomic mass is 32.1. The van der Waals surface area contributed by atoms with Crippen LogP contribution in [0.15, 0.2) is 23.6 Å². The summed E-state index contributed by atoms with van der Waals surface area (Å²) in [6, 6.07) is 4.88. The molecule has 2 heterocycles. The SMILES string of the molecule is COC(=O)c1sc(OC)cc1OC(=O)c1cccs1. The molecule has 0 atom stereocenters. The Labute approximate surface area is 117 Å². The molecule has 100 valence electrons. The zero-order valence-electron chi connectivity index (χ0n) is 10.2. The number of carbonyl (C=O) groups excluding carboxylic acids is 2. The molecular weight excluding hydrogens is 288 g/mol. The lowest BCUT2D eigenvalue weighted by Gasteiger charge is -2.02. The number of hydrogen-bond acceptors (Lipinski definition) is 7. The van der Waals surface area contributed by atoms with Gasteiger partial charge >= 0.3 is 11.9 Å². The first kappa shape index (κ1) is 13.6. The second-order valence-electron chi connectivity index (χ2n) is 3.32. The molecule has 0 aromatic carbocycles. The van der Waals surface area contributed by atoms with E-state index >= 15 is 0 Å². The average Bonchev–Trinajstić information content (AvgIpc) is 3.06. The molecule has 0 bridgehead atoms.